The smallest absolute Gasteiger partial charge is 0.232 e. The van der Waals surface area contributed by atoms with Crippen molar-refractivity contribution in [2.45, 2.75) is 30.8 Å². The first-order valence-corrected chi connectivity index (χ1v) is 9.95. The first-order chi connectivity index (χ1) is 12.7. The molecule has 2 heterocycles. The van der Waals surface area contributed by atoms with Crippen molar-refractivity contribution >= 4 is 29.3 Å². The number of hydrogen-bond acceptors (Lipinski definition) is 6. The van der Waals surface area contributed by atoms with Crippen LogP contribution in [0.15, 0.2) is 29.4 Å². The summed E-state index contributed by atoms with van der Waals surface area (Å²) in [6.07, 6.45) is 3.26. The van der Waals surface area contributed by atoms with Crippen molar-refractivity contribution in [2.75, 3.05) is 23.7 Å². The topological polar surface area (TPSA) is 81.5 Å². The van der Waals surface area contributed by atoms with Gasteiger partial charge in [0, 0.05) is 30.3 Å². The molecule has 1 aromatic carbocycles. The minimum Gasteiger partial charge on any atom is -0.341 e. The summed E-state index contributed by atoms with van der Waals surface area (Å²) in [6, 6.07) is 12.0. The highest BCUT2D eigenvalue weighted by Crippen LogP contribution is 2.30. The highest BCUT2D eigenvalue weighted by Gasteiger charge is 2.23. The van der Waals surface area contributed by atoms with E-state index in [1.807, 2.05) is 28.8 Å². The Kier molecular flexibility index (Phi) is 6.38. The number of rotatable bonds is 7. The summed E-state index contributed by atoms with van der Waals surface area (Å²) in [7, 11) is 0. The van der Waals surface area contributed by atoms with E-state index in [0.717, 1.165) is 42.7 Å². The van der Waals surface area contributed by atoms with Crippen LogP contribution in [0.1, 0.15) is 25.7 Å². The third-order valence-corrected chi connectivity index (χ3v) is 5.60. The van der Waals surface area contributed by atoms with E-state index in [2.05, 4.69) is 27.2 Å². The number of halogens is 1. The van der Waals surface area contributed by atoms with Crippen LogP contribution in [0, 0.1) is 28.6 Å². The average Bonchev–Trinajstić information content (AvgIpc) is 3.31. The maximum atomic E-state index is 9.29. The summed E-state index contributed by atoms with van der Waals surface area (Å²) in [6.45, 7) is 1.93. The summed E-state index contributed by atoms with van der Waals surface area (Å²) in [5, 5.41) is 28.2. The second-order valence-electron chi connectivity index (χ2n) is 6.13. The number of nitrogens with zero attached hydrogens (tertiary/aromatic N) is 6. The molecule has 1 aliphatic rings. The fourth-order valence-electron chi connectivity index (χ4n) is 2.92. The number of anilines is 1. The summed E-state index contributed by atoms with van der Waals surface area (Å²) >= 11 is 7.68. The maximum absolute atomic E-state index is 9.29. The molecule has 0 amide bonds. The van der Waals surface area contributed by atoms with Crippen molar-refractivity contribution in [3.05, 3.63) is 29.3 Å². The first-order valence-electron chi connectivity index (χ1n) is 8.58. The predicted octanol–water partition coefficient (Wildman–Crippen LogP) is 4.06. The molecule has 0 radical (unpaired) electrons. The van der Waals surface area contributed by atoms with Gasteiger partial charge in [-0.15, -0.1) is 10.2 Å². The second kappa shape index (κ2) is 8.93. The van der Waals surface area contributed by atoms with Gasteiger partial charge in [-0.3, -0.25) is 4.57 Å². The van der Waals surface area contributed by atoms with Crippen molar-refractivity contribution in [1.82, 2.24) is 14.8 Å². The molecular formula is C18H19ClN6S. The molecule has 1 aromatic heterocycles. The maximum Gasteiger partial charge on any atom is 0.232 e. The van der Waals surface area contributed by atoms with E-state index in [1.54, 1.807) is 0 Å². The van der Waals surface area contributed by atoms with Gasteiger partial charge in [-0.2, -0.15) is 10.5 Å². The molecule has 134 valence electrons. The van der Waals surface area contributed by atoms with Gasteiger partial charge in [0.25, 0.3) is 0 Å². The molecule has 0 N–H and O–H groups in total. The van der Waals surface area contributed by atoms with E-state index >= 15 is 0 Å². The predicted molar refractivity (Wildman–Crippen MR) is 102 cm³/mol. The zero-order valence-electron chi connectivity index (χ0n) is 14.3. The van der Waals surface area contributed by atoms with E-state index in [0.29, 0.717) is 23.6 Å². The lowest BCUT2D eigenvalue weighted by Crippen LogP contribution is -2.22. The zero-order chi connectivity index (χ0) is 18.4. The number of aromatic nitrogens is 3. The van der Waals surface area contributed by atoms with Crippen molar-refractivity contribution in [3.8, 4) is 17.8 Å². The molecule has 2 aromatic rings. The quantitative estimate of drug-likeness (QED) is 0.667. The standard InChI is InChI=1S/C18H19ClN6S/c19-15-6-3-7-16(11-15)25-17(24-9-1-2-10-24)22-23-18(25)26-13-14(12-21)5-4-8-20/h3,6-7,11,14H,1-2,4-5,9-10,13H2/t14-/m1/s1. The van der Waals surface area contributed by atoms with Crippen LogP contribution in [0.25, 0.3) is 5.69 Å². The van der Waals surface area contributed by atoms with Crippen molar-refractivity contribution < 1.29 is 0 Å². The van der Waals surface area contributed by atoms with Gasteiger partial charge in [-0.05, 0) is 37.5 Å². The van der Waals surface area contributed by atoms with Crippen LogP contribution >= 0.6 is 23.4 Å². The molecule has 1 saturated heterocycles. The fraction of sp³-hybridized carbons (Fsp3) is 0.444. The molecule has 3 rings (SSSR count). The Bertz CT molecular complexity index is 831. The largest absolute Gasteiger partial charge is 0.341 e. The lowest BCUT2D eigenvalue weighted by Gasteiger charge is -2.18. The number of thioether (sulfide) groups is 1. The lowest BCUT2D eigenvalue weighted by molar-refractivity contribution is 0.683. The molecule has 1 atom stereocenters. The van der Waals surface area contributed by atoms with Crippen molar-refractivity contribution in [1.29, 1.82) is 10.5 Å². The van der Waals surface area contributed by atoms with Crippen LogP contribution in [0.3, 0.4) is 0 Å². The SMILES string of the molecule is N#CCC[C@H](C#N)CSc1nnc(N2CCCC2)n1-c1cccc(Cl)c1. The third-order valence-electron chi connectivity index (χ3n) is 4.27. The van der Waals surface area contributed by atoms with Gasteiger partial charge in [0.1, 0.15) is 0 Å². The van der Waals surface area contributed by atoms with Gasteiger partial charge >= 0.3 is 0 Å². The fourth-order valence-corrected chi connectivity index (χ4v) is 4.11. The minimum absolute atomic E-state index is 0.181. The van der Waals surface area contributed by atoms with E-state index in [-0.39, 0.29) is 5.92 Å². The molecule has 6 nitrogen and oxygen atoms in total. The first kappa shape index (κ1) is 18.6. The van der Waals surface area contributed by atoms with Gasteiger partial charge in [-0.1, -0.05) is 29.4 Å². The molecule has 8 heteroatoms. The van der Waals surface area contributed by atoms with Gasteiger partial charge in [0.05, 0.1) is 23.7 Å². The third kappa shape index (κ3) is 4.30. The molecule has 1 fully saturated rings. The van der Waals surface area contributed by atoms with E-state index in [9.17, 15) is 5.26 Å². The van der Waals surface area contributed by atoms with Crippen LogP contribution in [0.5, 0.6) is 0 Å². The lowest BCUT2D eigenvalue weighted by atomic mass is 10.1. The van der Waals surface area contributed by atoms with E-state index in [1.165, 1.54) is 11.8 Å². The Labute approximate surface area is 162 Å². The monoisotopic (exact) mass is 386 g/mol. The Morgan fingerprint density at radius 2 is 2.04 bits per heavy atom. The van der Waals surface area contributed by atoms with Gasteiger partial charge < -0.3 is 4.90 Å². The molecule has 0 spiro atoms. The second-order valence-corrected chi connectivity index (χ2v) is 7.55. The van der Waals surface area contributed by atoms with E-state index < -0.39 is 0 Å². The number of hydrogen-bond donors (Lipinski definition) is 0. The Hall–Kier alpha value is -2.22. The molecule has 1 aliphatic heterocycles. The van der Waals surface area contributed by atoms with Crippen LogP contribution in [0.2, 0.25) is 5.02 Å². The molecular weight excluding hydrogens is 368 g/mol. The van der Waals surface area contributed by atoms with Gasteiger partial charge in [-0.25, -0.2) is 0 Å². The highest BCUT2D eigenvalue weighted by molar-refractivity contribution is 7.99. The summed E-state index contributed by atoms with van der Waals surface area (Å²) < 4.78 is 2.01. The van der Waals surface area contributed by atoms with Gasteiger partial charge in [0.2, 0.25) is 5.95 Å². The summed E-state index contributed by atoms with van der Waals surface area (Å²) in [4.78, 5) is 2.23. The summed E-state index contributed by atoms with van der Waals surface area (Å²) in [5.74, 6) is 1.22. The molecule has 0 unspecified atom stereocenters. The molecule has 26 heavy (non-hydrogen) atoms. The number of benzene rings is 1. The van der Waals surface area contributed by atoms with E-state index in [4.69, 9.17) is 16.9 Å². The van der Waals surface area contributed by atoms with Crippen molar-refractivity contribution in [2.24, 2.45) is 5.92 Å². The van der Waals surface area contributed by atoms with Crippen LogP contribution in [-0.2, 0) is 0 Å². The van der Waals surface area contributed by atoms with Crippen LogP contribution in [0.4, 0.5) is 5.95 Å². The normalized spacial score (nSPS) is 14.8. The zero-order valence-corrected chi connectivity index (χ0v) is 15.9. The summed E-state index contributed by atoms with van der Waals surface area (Å²) in [5.41, 5.74) is 0.914. The molecule has 0 aliphatic carbocycles. The Morgan fingerprint density at radius 3 is 2.73 bits per heavy atom. The van der Waals surface area contributed by atoms with Crippen LogP contribution < -0.4 is 4.90 Å². The Morgan fingerprint density at radius 1 is 1.23 bits per heavy atom. The number of nitriles is 2. The van der Waals surface area contributed by atoms with Crippen LogP contribution in [-0.4, -0.2) is 33.6 Å². The molecule has 0 saturated carbocycles. The average molecular weight is 387 g/mol. The Balaban J connectivity index is 1.88. The molecule has 0 bridgehead atoms. The highest BCUT2D eigenvalue weighted by atomic mass is 35.5. The minimum atomic E-state index is -0.181. The van der Waals surface area contributed by atoms with Crippen molar-refractivity contribution in [3.63, 3.8) is 0 Å². The van der Waals surface area contributed by atoms with Gasteiger partial charge in [0.15, 0.2) is 5.16 Å².